The van der Waals surface area contributed by atoms with Crippen LogP contribution in [0, 0.1) is 0 Å². The Morgan fingerprint density at radius 1 is 0.636 bits per heavy atom. The molecule has 0 unspecified atom stereocenters. The van der Waals surface area contributed by atoms with Crippen LogP contribution in [0.1, 0.15) is 15.9 Å². The summed E-state index contributed by atoms with van der Waals surface area (Å²) in [7, 11) is -3.09. The number of hydrogen-bond donors (Lipinski definition) is 0. The van der Waals surface area contributed by atoms with E-state index >= 15 is 0 Å². The monoisotopic (exact) mass is 326 g/mol. The van der Waals surface area contributed by atoms with Crippen molar-refractivity contribution >= 4 is 32.3 Å². The van der Waals surface area contributed by atoms with Crippen molar-refractivity contribution in [3.8, 4) is 0 Å². The average molecular weight is 327 g/mol. The van der Waals surface area contributed by atoms with E-state index in [9.17, 15) is 4.79 Å². The lowest BCUT2D eigenvalue weighted by atomic mass is 10.0. The van der Waals surface area contributed by atoms with E-state index in [1.165, 1.54) is 10.4 Å². The summed E-state index contributed by atoms with van der Waals surface area (Å²) in [6.45, 7) is 13.8. The minimum Gasteiger partial charge on any atom is -0.289 e. The summed E-state index contributed by atoms with van der Waals surface area (Å²) in [6.07, 6.45) is 0. The molecule has 0 atom stereocenters. The lowest BCUT2D eigenvalue weighted by molar-refractivity contribution is 0.104. The zero-order valence-electron chi connectivity index (χ0n) is 14.5. The van der Waals surface area contributed by atoms with Crippen molar-refractivity contribution in [3.63, 3.8) is 0 Å². The third-order valence-corrected chi connectivity index (χ3v) is 8.06. The van der Waals surface area contributed by atoms with Crippen molar-refractivity contribution < 1.29 is 4.79 Å². The molecule has 2 aromatic rings. The van der Waals surface area contributed by atoms with Crippen LogP contribution in [0.15, 0.2) is 48.5 Å². The highest BCUT2D eigenvalue weighted by Crippen LogP contribution is 2.14. The Morgan fingerprint density at radius 3 is 1.27 bits per heavy atom. The Morgan fingerprint density at radius 2 is 0.955 bits per heavy atom. The van der Waals surface area contributed by atoms with Gasteiger partial charge in [0.15, 0.2) is 5.78 Å². The molecule has 0 aliphatic carbocycles. The first-order valence-electron chi connectivity index (χ1n) is 7.86. The van der Waals surface area contributed by atoms with Gasteiger partial charge in [0.2, 0.25) is 0 Å². The maximum Gasteiger partial charge on any atom is 0.192 e. The van der Waals surface area contributed by atoms with E-state index in [0.717, 1.165) is 11.1 Å². The van der Waals surface area contributed by atoms with Gasteiger partial charge in [-0.1, -0.05) is 87.8 Å². The Labute approximate surface area is 136 Å². The van der Waals surface area contributed by atoms with Crippen LogP contribution in [-0.2, 0) is 0 Å². The second-order valence-electron chi connectivity index (χ2n) is 7.92. The molecule has 0 radical (unpaired) electrons. The maximum absolute atomic E-state index is 13.2. The van der Waals surface area contributed by atoms with Gasteiger partial charge in [-0.05, 0) is 10.4 Å². The van der Waals surface area contributed by atoms with Crippen LogP contribution in [0.2, 0.25) is 39.3 Å². The van der Waals surface area contributed by atoms with E-state index in [4.69, 9.17) is 0 Å². The first-order chi connectivity index (χ1) is 10.1. The quantitative estimate of drug-likeness (QED) is 0.613. The molecule has 0 saturated heterocycles. The molecule has 0 heterocycles. The maximum atomic E-state index is 13.2. The van der Waals surface area contributed by atoms with Crippen LogP contribution in [0.5, 0.6) is 0 Å². The third-order valence-electron chi connectivity index (χ3n) is 3.96. The van der Waals surface area contributed by atoms with Crippen molar-refractivity contribution in [1.82, 2.24) is 0 Å². The smallest absolute Gasteiger partial charge is 0.192 e. The van der Waals surface area contributed by atoms with E-state index in [1.54, 1.807) is 0 Å². The molecule has 22 heavy (non-hydrogen) atoms. The average Bonchev–Trinajstić information content (AvgIpc) is 2.45. The van der Waals surface area contributed by atoms with Gasteiger partial charge in [0.05, 0.1) is 16.1 Å². The van der Waals surface area contributed by atoms with Crippen LogP contribution in [0.3, 0.4) is 0 Å². The number of hydrogen-bond acceptors (Lipinski definition) is 1. The standard InChI is InChI=1S/C19H26OSi2/c1-21(2,3)17-13-9-7-11-15(17)19(20)16-12-8-10-14-18(16)22(4,5)6/h7-14H,1-6H3. The number of benzene rings is 2. The summed E-state index contributed by atoms with van der Waals surface area (Å²) in [5, 5.41) is 2.51. The van der Waals surface area contributed by atoms with Gasteiger partial charge < -0.3 is 0 Å². The van der Waals surface area contributed by atoms with E-state index < -0.39 is 16.1 Å². The van der Waals surface area contributed by atoms with Crippen molar-refractivity contribution in [2.75, 3.05) is 0 Å². The molecule has 2 rings (SSSR count). The topological polar surface area (TPSA) is 17.1 Å². The van der Waals surface area contributed by atoms with Gasteiger partial charge in [0.1, 0.15) is 0 Å². The van der Waals surface area contributed by atoms with E-state index in [-0.39, 0.29) is 5.78 Å². The van der Waals surface area contributed by atoms with Crippen LogP contribution < -0.4 is 10.4 Å². The number of rotatable bonds is 4. The molecule has 0 aromatic heterocycles. The van der Waals surface area contributed by atoms with Crippen LogP contribution >= 0.6 is 0 Å². The first kappa shape index (κ1) is 16.9. The molecule has 0 aliphatic rings. The molecular formula is C19H26OSi2. The number of carbonyl (C=O) groups is 1. The van der Waals surface area contributed by atoms with Gasteiger partial charge in [-0.15, -0.1) is 0 Å². The fourth-order valence-electron chi connectivity index (χ4n) is 2.82. The first-order valence-corrected chi connectivity index (χ1v) is 14.9. The van der Waals surface area contributed by atoms with Crippen LogP contribution in [0.25, 0.3) is 0 Å². The van der Waals surface area contributed by atoms with Crippen LogP contribution in [0.4, 0.5) is 0 Å². The molecular weight excluding hydrogens is 300 g/mol. The lowest BCUT2D eigenvalue weighted by Crippen LogP contribution is -2.44. The van der Waals surface area contributed by atoms with Crippen molar-refractivity contribution in [1.29, 1.82) is 0 Å². The summed E-state index contributed by atoms with van der Waals surface area (Å²) in [5.41, 5.74) is 1.79. The van der Waals surface area contributed by atoms with Gasteiger partial charge in [0.25, 0.3) is 0 Å². The summed E-state index contributed by atoms with van der Waals surface area (Å²) in [6, 6.07) is 16.3. The Kier molecular flexibility index (Phi) is 4.59. The predicted molar refractivity (Wildman–Crippen MR) is 102 cm³/mol. The molecule has 116 valence electrons. The lowest BCUT2D eigenvalue weighted by Gasteiger charge is -2.23. The van der Waals surface area contributed by atoms with Crippen molar-refractivity contribution in [2.45, 2.75) is 39.3 Å². The summed E-state index contributed by atoms with van der Waals surface area (Å²) in [5.74, 6) is 0.191. The SMILES string of the molecule is C[Si](C)(C)c1ccccc1C(=O)c1ccccc1[Si](C)(C)C. The highest BCUT2D eigenvalue weighted by molar-refractivity contribution is 6.90. The molecule has 0 N–H and O–H groups in total. The zero-order valence-corrected chi connectivity index (χ0v) is 16.5. The highest BCUT2D eigenvalue weighted by atomic mass is 28.3. The fraction of sp³-hybridized carbons (Fsp3) is 0.316. The summed E-state index contributed by atoms with van der Waals surface area (Å²) >= 11 is 0. The van der Waals surface area contributed by atoms with E-state index in [2.05, 4.69) is 63.5 Å². The minimum absolute atomic E-state index is 0.191. The van der Waals surface area contributed by atoms with Crippen LogP contribution in [-0.4, -0.2) is 21.9 Å². The Balaban J connectivity index is 2.61. The normalized spacial score (nSPS) is 12.3. The Bertz CT molecular complexity index is 632. The largest absolute Gasteiger partial charge is 0.289 e. The second-order valence-corrected chi connectivity index (χ2v) is 18.0. The van der Waals surface area contributed by atoms with Gasteiger partial charge in [-0.3, -0.25) is 4.79 Å². The van der Waals surface area contributed by atoms with E-state index in [0.29, 0.717) is 0 Å². The summed E-state index contributed by atoms with van der Waals surface area (Å²) < 4.78 is 0. The third kappa shape index (κ3) is 3.47. The Hall–Kier alpha value is -1.46. The molecule has 1 nitrogen and oxygen atoms in total. The van der Waals surface area contributed by atoms with Gasteiger partial charge in [-0.25, -0.2) is 0 Å². The molecule has 0 fully saturated rings. The summed E-state index contributed by atoms with van der Waals surface area (Å²) in [4.78, 5) is 13.2. The molecule has 0 spiro atoms. The molecule has 3 heteroatoms. The molecule has 0 aliphatic heterocycles. The van der Waals surface area contributed by atoms with Crippen molar-refractivity contribution in [3.05, 3.63) is 59.7 Å². The van der Waals surface area contributed by atoms with Gasteiger partial charge >= 0.3 is 0 Å². The molecule has 0 bridgehead atoms. The molecule has 0 amide bonds. The zero-order chi connectivity index (χ0) is 16.5. The van der Waals surface area contributed by atoms with Crippen molar-refractivity contribution in [2.24, 2.45) is 0 Å². The van der Waals surface area contributed by atoms with Gasteiger partial charge in [-0.2, -0.15) is 0 Å². The second kappa shape index (κ2) is 5.97. The number of carbonyl (C=O) groups excluding carboxylic acids is 1. The predicted octanol–water partition coefficient (Wildman–Crippen LogP) is 4.01. The molecule has 2 aromatic carbocycles. The molecule has 0 saturated carbocycles. The fourth-order valence-corrected chi connectivity index (χ4v) is 6.02. The highest BCUT2D eigenvalue weighted by Gasteiger charge is 2.27. The van der Waals surface area contributed by atoms with E-state index in [1.807, 2.05) is 24.3 Å². The minimum atomic E-state index is -1.55. The number of ketones is 1. The van der Waals surface area contributed by atoms with Gasteiger partial charge in [0, 0.05) is 11.1 Å².